The van der Waals surface area contributed by atoms with E-state index in [2.05, 4.69) is 19.9 Å². The number of carbonyl (C=O) groups is 2. The van der Waals surface area contributed by atoms with E-state index < -0.39 is 11.9 Å². The molecule has 0 saturated carbocycles. The zero-order chi connectivity index (χ0) is 17.6. The molecule has 23 heavy (non-hydrogen) atoms. The van der Waals surface area contributed by atoms with Gasteiger partial charge in [0.15, 0.2) is 11.0 Å². The Morgan fingerprint density at radius 3 is 2.57 bits per heavy atom. The quantitative estimate of drug-likeness (QED) is 0.245. The Balaban J connectivity index is 3.13. The molecule has 126 valence electrons. The van der Waals surface area contributed by atoms with Gasteiger partial charge < -0.3 is 9.47 Å². The zero-order valence-electron chi connectivity index (χ0n) is 13.4. The highest BCUT2D eigenvalue weighted by Crippen LogP contribution is 2.13. The maximum Gasteiger partial charge on any atom is 0.356 e. The highest BCUT2D eigenvalue weighted by Gasteiger charge is 2.16. The first-order chi connectivity index (χ1) is 10.8. The number of anilines is 1. The van der Waals surface area contributed by atoms with Crippen LogP contribution in [0.3, 0.4) is 0 Å². The lowest BCUT2D eigenvalue weighted by atomic mass is 10.4. The first-order valence-electron chi connectivity index (χ1n) is 6.34. The molecular formula is C13H18N4O5S. The molecule has 0 saturated heterocycles. The molecule has 0 fully saturated rings. The maximum absolute atomic E-state index is 11.9. The van der Waals surface area contributed by atoms with E-state index in [0.29, 0.717) is 5.16 Å². The molecule has 1 aromatic heterocycles. The highest BCUT2D eigenvalue weighted by molar-refractivity contribution is 7.98. The Hall–Kier alpha value is -2.49. The van der Waals surface area contributed by atoms with E-state index in [1.54, 1.807) is 20.4 Å². The average Bonchev–Trinajstić information content (AvgIpc) is 2.55. The van der Waals surface area contributed by atoms with Gasteiger partial charge in [0.1, 0.15) is 5.70 Å². The molecule has 1 heterocycles. The van der Waals surface area contributed by atoms with Crippen LogP contribution in [-0.2, 0) is 26.1 Å². The van der Waals surface area contributed by atoms with E-state index in [-0.39, 0.29) is 17.1 Å². The number of ether oxygens (including phenoxy) is 2. The Labute approximate surface area is 137 Å². The van der Waals surface area contributed by atoms with Crippen molar-refractivity contribution in [1.29, 1.82) is 0 Å². The molecule has 0 aromatic carbocycles. The molecule has 1 rings (SSSR count). The van der Waals surface area contributed by atoms with Gasteiger partial charge in [-0.3, -0.25) is 19.8 Å². The number of carbonyl (C=O) groups excluding carboxylic acids is 2. The summed E-state index contributed by atoms with van der Waals surface area (Å²) in [5.41, 5.74) is 2.23. The van der Waals surface area contributed by atoms with Gasteiger partial charge in [-0.1, -0.05) is 11.8 Å². The van der Waals surface area contributed by atoms with Crippen molar-refractivity contribution in [2.45, 2.75) is 5.16 Å². The fourth-order valence-corrected chi connectivity index (χ4v) is 2.07. The van der Waals surface area contributed by atoms with E-state index in [9.17, 15) is 14.4 Å². The van der Waals surface area contributed by atoms with Crippen LogP contribution in [-0.4, -0.2) is 49.0 Å². The molecule has 0 spiro atoms. The minimum atomic E-state index is -0.767. The van der Waals surface area contributed by atoms with Gasteiger partial charge in [-0.15, -0.1) is 0 Å². The molecule has 0 bridgehead atoms. The molecule has 0 aliphatic carbocycles. The van der Waals surface area contributed by atoms with Gasteiger partial charge >= 0.3 is 11.9 Å². The molecule has 1 N–H and O–H groups in total. The molecule has 0 amide bonds. The predicted molar refractivity (Wildman–Crippen MR) is 84.9 cm³/mol. The number of esters is 2. The SMILES string of the molecule is COC(=O)/C=C(/NN(C)c1cc(=O)n(C)c(SC)n1)C(=O)OC. The number of hydrogen-bond donors (Lipinski definition) is 1. The lowest BCUT2D eigenvalue weighted by Crippen LogP contribution is -2.39. The summed E-state index contributed by atoms with van der Waals surface area (Å²) in [6, 6.07) is 1.29. The van der Waals surface area contributed by atoms with Crippen molar-refractivity contribution in [3.63, 3.8) is 0 Å². The summed E-state index contributed by atoms with van der Waals surface area (Å²) in [5, 5.41) is 1.82. The second kappa shape index (κ2) is 8.22. The summed E-state index contributed by atoms with van der Waals surface area (Å²) >= 11 is 1.30. The number of nitrogens with zero attached hydrogens (tertiary/aromatic N) is 3. The fraction of sp³-hybridized carbons (Fsp3) is 0.385. The third-order valence-electron chi connectivity index (χ3n) is 2.76. The number of hydrazine groups is 1. The largest absolute Gasteiger partial charge is 0.466 e. The first kappa shape index (κ1) is 18.6. The van der Waals surface area contributed by atoms with Crippen molar-refractivity contribution >= 4 is 29.5 Å². The first-order valence-corrected chi connectivity index (χ1v) is 7.57. The summed E-state index contributed by atoms with van der Waals surface area (Å²) < 4.78 is 10.5. The number of methoxy groups -OCH3 is 2. The minimum absolute atomic E-state index is 0.157. The van der Waals surface area contributed by atoms with Gasteiger partial charge in [0.2, 0.25) is 0 Å². The number of nitrogens with one attached hydrogen (secondary N) is 1. The molecule has 0 unspecified atom stereocenters. The molecule has 10 heteroatoms. The maximum atomic E-state index is 11.9. The summed E-state index contributed by atoms with van der Waals surface area (Å²) in [4.78, 5) is 39.2. The van der Waals surface area contributed by atoms with Gasteiger partial charge in [0.25, 0.3) is 5.56 Å². The second-order valence-corrected chi connectivity index (χ2v) is 5.02. The van der Waals surface area contributed by atoms with E-state index in [1.807, 2.05) is 0 Å². The Morgan fingerprint density at radius 1 is 1.39 bits per heavy atom. The molecule has 9 nitrogen and oxygen atoms in total. The fourth-order valence-electron chi connectivity index (χ4n) is 1.52. The van der Waals surface area contributed by atoms with Crippen LogP contribution in [0.1, 0.15) is 0 Å². The van der Waals surface area contributed by atoms with E-state index in [0.717, 1.165) is 6.08 Å². The van der Waals surface area contributed by atoms with E-state index in [4.69, 9.17) is 0 Å². The van der Waals surface area contributed by atoms with Crippen LogP contribution >= 0.6 is 11.8 Å². The minimum Gasteiger partial charge on any atom is -0.466 e. The molecule has 0 atom stereocenters. The standard InChI is InChI=1S/C13H18N4O5S/c1-16-10(18)7-9(14-13(16)23-5)17(2)15-8(12(20)22-4)6-11(19)21-3/h6-7,15H,1-5H3/b8-6+. The van der Waals surface area contributed by atoms with Gasteiger partial charge in [0.05, 0.1) is 20.3 Å². The average molecular weight is 342 g/mol. The van der Waals surface area contributed by atoms with Crippen molar-refractivity contribution < 1.29 is 19.1 Å². The van der Waals surface area contributed by atoms with Crippen LogP contribution in [0.25, 0.3) is 0 Å². The molecule has 1 aromatic rings. The van der Waals surface area contributed by atoms with Crippen molar-refractivity contribution in [2.75, 3.05) is 32.5 Å². The Bertz CT molecular complexity index is 685. The summed E-state index contributed by atoms with van der Waals surface area (Å²) in [6.45, 7) is 0. The number of hydrogen-bond acceptors (Lipinski definition) is 9. The molecule has 0 aliphatic rings. The van der Waals surface area contributed by atoms with Crippen LogP contribution in [0.2, 0.25) is 0 Å². The van der Waals surface area contributed by atoms with Crippen LogP contribution in [0, 0.1) is 0 Å². The molecular weight excluding hydrogens is 324 g/mol. The second-order valence-electron chi connectivity index (χ2n) is 4.24. The highest BCUT2D eigenvalue weighted by atomic mass is 32.2. The van der Waals surface area contributed by atoms with Gasteiger partial charge in [-0.25, -0.2) is 14.6 Å². The number of rotatable bonds is 6. The van der Waals surface area contributed by atoms with Crippen molar-refractivity contribution in [1.82, 2.24) is 15.0 Å². The molecule has 0 radical (unpaired) electrons. The van der Waals surface area contributed by atoms with Crippen LogP contribution in [0.4, 0.5) is 5.82 Å². The molecule has 0 aliphatic heterocycles. The third-order valence-corrected chi connectivity index (χ3v) is 3.49. The Kier molecular flexibility index (Phi) is 6.64. The predicted octanol–water partition coefficient (Wildman–Crippen LogP) is -0.327. The normalized spacial score (nSPS) is 10.9. The van der Waals surface area contributed by atoms with Crippen LogP contribution < -0.4 is 16.0 Å². The topological polar surface area (TPSA) is 103 Å². The lowest BCUT2D eigenvalue weighted by Gasteiger charge is -2.21. The number of thioether (sulfide) groups is 1. The third kappa shape index (κ3) is 4.74. The van der Waals surface area contributed by atoms with Gasteiger partial charge in [-0.2, -0.15) is 0 Å². The lowest BCUT2D eigenvalue weighted by molar-refractivity contribution is -0.138. The summed E-state index contributed by atoms with van der Waals surface area (Å²) in [5.74, 6) is -1.22. The van der Waals surface area contributed by atoms with E-state index >= 15 is 0 Å². The smallest absolute Gasteiger partial charge is 0.356 e. The Morgan fingerprint density at radius 2 is 2.04 bits per heavy atom. The van der Waals surface area contributed by atoms with E-state index in [1.165, 1.54) is 41.6 Å². The van der Waals surface area contributed by atoms with Crippen molar-refractivity contribution in [2.24, 2.45) is 7.05 Å². The van der Waals surface area contributed by atoms with Crippen molar-refractivity contribution in [3.8, 4) is 0 Å². The summed E-state index contributed by atoms with van der Waals surface area (Å²) in [7, 11) is 5.51. The number of aromatic nitrogens is 2. The summed E-state index contributed by atoms with van der Waals surface area (Å²) in [6.07, 6.45) is 2.73. The monoisotopic (exact) mass is 342 g/mol. The van der Waals surface area contributed by atoms with Crippen LogP contribution in [0.15, 0.2) is 27.8 Å². The van der Waals surface area contributed by atoms with Crippen molar-refractivity contribution in [3.05, 3.63) is 28.2 Å². The van der Waals surface area contributed by atoms with Gasteiger partial charge in [0, 0.05) is 20.2 Å². The zero-order valence-corrected chi connectivity index (χ0v) is 14.3. The van der Waals surface area contributed by atoms with Gasteiger partial charge in [-0.05, 0) is 6.26 Å². The van der Waals surface area contributed by atoms with Crippen LogP contribution in [0.5, 0.6) is 0 Å².